The van der Waals surface area contributed by atoms with Crippen LogP contribution in [0.4, 0.5) is 0 Å². The lowest BCUT2D eigenvalue weighted by Crippen LogP contribution is -2.26. The Bertz CT molecular complexity index is 415. The molecule has 0 saturated heterocycles. The van der Waals surface area contributed by atoms with Crippen molar-refractivity contribution in [2.75, 3.05) is 27.7 Å². The number of hydrogen-bond donors (Lipinski definition) is 2. The topological polar surface area (TPSA) is 70.8 Å². The Hall–Kier alpha value is -1.11. The number of likely N-dealkylation sites (N-methyl/N-ethyl adjacent to an activating group) is 1. The van der Waals surface area contributed by atoms with Gasteiger partial charge in [0, 0.05) is 6.54 Å². The van der Waals surface area contributed by atoms with Crippen molar-refractivity contribution in [2.45, 2.75) is 31.6 Å². The fraction of sp³-hybridized carbons (Fsp3) is 0.769. The molecule has 1 aliphatic rings. The van der Waals surface area contributed by atoms with Crippen LogP contribution in [0.2, 0.25) is 0 Å². The van der Waals surface area contributed by atoms with Crippen LogP contribution < -0.4 is 4.74 Å². The van der Waals surface area contributed by atoms with Crippen molar-refractivity contribution >= 4 is 0 Å². The molecule has 6 nitrogen and oxygen atoms in total. The van der Waals surface area contributed by atoms with E-state index in [1.54, 1.807) is 18.0 Å². The molecule has 19 heavy (non-hydrogen) atoms. The second-order valence-corrected chi connectivity index (χ2v) is 5.40. The van der Waals surface area contributed by atoms with E-state index in [9.17, 15) is 10.2 Å². The molecule has 0 bridgehead atoms. The molecule has 2 unspecified atom stereocenters. The summed E-state index contributed by atoms with van der Waals surface area (Å²) in [5, 5.41) is 24.7. The van der Waals surface area contributed by atoms with Gasteiger partial charge in [0.15, 0.2) is 5.75 Å². The zero-order chi connectivity index (χ0) is 14.0. The first-order valence-electron chi connectivity index (χ1n) is 6.65. The molecule has 1 heterocycles. The average molecular weight is 269 g/mol. The van der Waals surface area contributed by atoms with Crippen LogP contribution >= 0.6 is 0 Å². The number of aliphatic hydroxyl groups excluding tert-OH is 2. The first kappa shape index (κ1) is 14.3. The van der Waals surface area contributed by atoms with E-state index < -0.39 is 12.2 Å². The van der Waals surface area contributed by atoms with Crippen LogP contribution in [0, 0.1) is 5.92 Å². The molecule has 0 radical (unpaired) electrons. The Morgan fingerprint density at radius 3 is 2.68 bits per heavy atom. The second kappa shape index (κ2) is 5.90. The average Bonchev–Trinajstić information content (AvgIpc) is 3.14. The highest BCUT2D eigenvalue weighted by atomic mass is 16.5. The second-order valence-electron chi connectivity index (χ2n) is 5.40. The maximum atomic E-state index is 10.3. The molecular formula is C13H23N3O3. The number of hydrogen-bond acceptors (Lipinski definition) is 5. The SMILES string of the molecule is COc1cnn(CCN(C)C)c1C(O)C(O)C1CC1. The van der Waals surface area contributed by atoms with Crippen molar-refractivity contribution in [3.63, 3.8) is 0 Å². The highest BCUT2D eigenvalue weighted by Crippen LogP contribution is 2.39. The summed E-state index contributed by atoms with van der Waals surface area (Å²) in [4.78, 5) is 2.04. The maximum absolute atomic E-state index is 10.3. The lowest BCUT2D eigenvalue weighted by molar-refractivity contribution is -0.00161. The van der Waals surface area contributed by atoms with Crippen molar-refractivity contribution in [3.05, 3.63) is 11.9 Å². The molecule has 2 N–H and O–H groups in total. The molecule has 1 aliphatic carbocycles. The summed E-state index contributed by atoms with van der Waals surface area (Å²) in [5.74, 6) is 0.739. The van der Waals surface area contributed by atoms with Gasteiger partial charge in [0.1, 0.15) is 11.8 Å². The van der Waals surface area contributed by atoms with Gasteiger partial charge in [0.05, 0.1) is 26.0 Å². The predicted molar refractivity (Wildman–Crippen MR) is 71.0 cm³/mol. The van der Waals surface area contributed by atoms with E-state index >= 15 is 0 Å². The van der Waals surface area contributed by atoms with Crippen LogP contribution in [0.1, 0.15) is 24.6 Å². The number of rotatable bonds is 7. The molecule has 1 saturated carbocycles. The highest BCUT2D eigenvalue weighted by molar-refractivity contribution is 5.28. The smallest absolute Gasteiger partial charge is 0.162 e. The molecule has 108 valence electrons. The molecule has 0 amide bonds. The van der Waals surface area contributed by atoms with E-state index in [1.807, 2.05) is 19.0 Å². The van der Waals surface area contributed by atoms with Gasteiger partial charge in [-0.3, -0.25) is 4.68 Å². The van der Waals surface area contributed by atoms with Crippen molar-refractivity contribution in [3.8, 4) is 5.75 Å². The fourth-order valence-corrected chi connectivity index (χ4v) is 2.16. The Balaban J connectivity index is 2.17. The molecule has 1 fully saturated rings. The van der Waals surface area contributed by atoms with Crippen molar-refractivity contribution in [2.24, 2.45) is 5.92 Å². The van der Waals surface area contributed by atoms with Gasteiger partial charge in [0.25, 0.3) is 0 Å². The minimum atomic E-state index is -0.938. The minimum absolute atomic E-state index is 0.205. The van der Waals surface area contributed by atoms with Gasteiger partial charge in [-0.15, -0.1) is 0 Å². The van der Waals surface area contributed by atoms with E-state index in [2.05, 4.69) is 5.10 Å². The van der Waals surface area contributed by atoms with E-state index in [0.717, 1.165) is 19.4 Å². The van der Waals surface area contributed by atoms with E-state index in [-0.39, 0.29) is 5.92 Å². The van der Waals surface area contributed by atoms with Gasteiger partial charge < -0.3 is 19.8 Å². The van der Waals surface area contributed by atoms with Crippen LogP contribution in [0.5, 0.6) is 5.75 Å². The van der Waals surface area contributed by atoms with Gasteiger partial charge in [-0.2, -0.15) is 5.10 Å². The van der Waals surface area contributed by atoms with Gasteiger partial charge in [-0.25, -0.2) is 0 Å². The standard InChI is InChI=1S/C13H23N3O3/c1-15(2)6-7-16-11(10(19-3)8-14-16)13(18)12(17)9-4-5-9/h8-9,12-13,17-18H,4-7H2,1-3H3. The predicted octanol–water partition coefficient (Wildman–Crippen LogP) is 0.258. The summed E-state index contributed by atoms with van der Waals surface area (Å²) < 4.78 is 6.95. The number of aliphatic hydroxyl groups is 2. The summed E-state index contributed by atoms with van der Waals surface area (Å²) in [7, 11) is 5.51. The molecule has 2 rings (SSSR count). The first-order valence-corrected chi connectivity index (χ1v) is 6.65. The Labute approximate surface area is 113 Å². The minimum Gasteiger partial charge on any atom is -0.493 e. The lowest BCUT2D eigenvalue weighted by atomic mass is 10.1. The fourth-order valence-electron chi connectivity index (χ4n) is 2.16. The van der Waals surface area contributed by atoms with E-state index in [4.69, 9.17) is 4.74 Å². The molecular weight excluding hydrogens is 246 g/mol. The van der Waals surface area contributed by atoms with E-state index in [1.165, 1.54) is 0 Å². The maximum Gasteiger partial charge on any atom is 0.162 e. The number of aromatic nitrogens is 2. The third kappa shape index (κ3) is 3.26. The summed E-state index contributed by atoms with van der Waals surface area (Å²) in [6.07, 6.45) is 1.88. The van der Waals surface area contributed by atoms with E-state index in [0.29, 0.717) is 18.0 Å². The van der Waals surface area contributed by atoms with Crippen molar-refractivity contribution < 1.29 is 14.9 Å². The number of methoxy groups -OCH3 is 1. The number of nitrogens with zero attached hydrogens (tertiary/aromatic N) is 3. The third-order valence-electron chi connectivity index (χ3n) is 3.53. The Kier molecular flexibility index (Phi) is 4.44. The van der Waals surface area contributed by atoms with Crippen molar-refractivity contribution in [1.29, 1.82) is 0 Å². The lowest BCUT2D eigenvalue weighted by Gasteiger charge is -2.20. The van der Waals surface area contributed by atoms with Crippen LogP contribution in [0.25, 0.3) is 0 Å². The molecule has 6 heteroatoms. The first-order chi connectivity index (χ1) is 9.04. The molecule has 0 spiro atoms. The zero-order valence-electron chi connectivity index (χ0n) is 11.8. The zero-order valence-corrected chi connectivity index (χ0v) is 11.8. The largest absolute Gasteiger partial charge is 0.493 e. The van der Waals surface area contributed by atoms with Crippen LogP contribution in [-0.4, -0.2) is 58.7 Å². The molecule has 2 atom stereocenters. The summed E-state index contributed by atoms with van der Waals surface area (Å²) >= 11 is 0. The summed E-state index contributed by atoms with van der Waals surface area (Å²) in [6, 6.07) is 0. The normalized spacial score (nSPS) is 18.6. The molecule has 0 aliphatic heterocycles. The quantitative estimate of drug-likeness (QED) is 0.743. The highest BCUT2D eigenvalue weighted by Gasteiger charge is 2.37. The number of ether oxygens (including phenoxy) is 1. The summed E-state index contributed by atoms with van der Waals surface area (Å²) in [6.45, 7) is 1.46. The van der Waals surface area contributed by atoms with Crippen LogP contribution in [0.15, 0.2) is 6.20 Å². The van der Waals surface area contributed by atoms with Crippen LogP contribution in [-0.2, 0) is 6.54 Å². The molecule has 1 aromatic rings. The summed E-state index contributed by atoms with van der Waals surface area (Å²) in [5.41, 5.74) is 0.573. The Morgan fingerprint density at radius 1 is 1.47 bits per heavy atom. The van der Waals surface area contributed by atoms with Crippen LogP contribution in [0.3, 0.4) is 0 Å². The monoisotopic (exact) mass is 269 g/mol. The van der Waals surface area contributed by atoms with Crippen molar-refractivity contribution in [1.82, 2.24) is 14.7 Å². The van der Waals surface area contributed by atoms with Gasteiger partial charge in [-0.1, -0.05) is 0 Å². The van der Waals surface area contributed by atoms with Gasteiger partial charge in [0.2, 0.25) is 0 Å². The third-order valence-corrected chi connectivity index (χ3v) is 3.53. The van der Waals surface area contributed by atoms with Gasteiger partial charge >= 0.3 is 0 Å². The molecule has 0 aromatic carbocycles. The Morgan fingerprint density at radius 2 is 2.16 bits per heavy atom. The molecule has 1 aromatic heterocycles. The van der Waals surface area contributed by atoms with Gasteiger partial charge in [-0.05, 0) is 32.9 Å².